The molecule has 0 radical (unpaired) electrons. The fourth-order valence-corrected chi connectivity index (χ4v) is 3.52. The molecule has 0 saturated carbocycles. The van der Waals surface area contributed by atoms with Crippen molar-refractivity contribution in [2.24, 2.45) is 0 Å². The lowest BCUT2D eigenvalue weighted by atomic mass is 10.3. The minimum Gasteiger partial charge on any atom is -0.463 e. The van der Waals surface area contributed by atoms with Crippen molar-refractivity contribution < 1.29 is 4.42 Å². The largest absolute Gasteiger partial charge is 0.463 e. The lowest BCUT2D eigenvalue weighted by Crippen LogP contribution is -2.00. The maximum Gasteiger partial charge on any atom is 0.221 e. The topological polar surface area (TPSA) is 77.8 Å². The minimum atomic E-state index is 0.231. The van der Waals surface area contributed by atoms with E-state index < -0.39 is 0 Å². The van der Waals surface area contributed by atoms with Crippen molar-refractivity contribution in [1.29, 1.82) is 0 Å². The first kappa shape index (κ1) is 15.1. The molecule has 0 fully saturated rings. The number of hydrogen-bond donors (Lipinski definition) is 1. The van der Waals surface area contributed by atoms with Gasteiger partial charge in [0.2, 0.25) is 5.95 Å². The van der Waals surface area contributed by atoms with Gasteiger partial charge >= 0.3 is 0 Å². The first-order chi connectivity index (χ1) is 10.7. The summed E-state index contributed by atoms with van der Waals surface area (Å²) in [4.78, 5) is 12.8. The molecule has 0 aromatic carbocycles. The predicted molar refractivity (Wildman–Crippen MR) is 90.5 cm³/mol. The Morgan fingerprint density at radius 1 is 1.18 bits per heavy atom. The fraction of sp³-hybridized carbons (Fsp3) is 0.133. The van der Waals surface area contributed by atoms with Crippen molar-refractivity contribution in [3.8, 4) is 11.5 Å². The summed E-state index contributed by atoms with van der Waals surface area (Å²) in [5.74, 6) is 1.74. The summed E-state index contributed by atoms with van der Waals surface area (Å²) in [5, 5.41) is 0.801. The van der Waals surface area contributed by atoms with Crippen LogP contribution in [0.3, 0.4) is 0 Å². The van der Waals surface area contributed by atoms with Crippen molar-refractivity contribution in [2.45, 2.75) is 11.4 Å². The number of nitrogen functional groups attached to an aromatic ring is 1. The van der Waals surface area contributed by atoms with E-state index in [1.165, 1.54) is 0 Å². The van der Waals surface area contributed by atoms with E-state index in [4.69, 9.17) is 10.2 Å². The number of hydrogen-bond acceptors (Lipinski definition) is 6. The number of aryl methyl sites for hydroxylation is 1. The number of nitrogens with zero attached hydrogens (tertiary/aromatic N) is 3. The van der Waals surface area contributed by atoms with Crippen LogP contribution in [0.1, 0.15) is 5.69 Å². The molecule has 0 amide bonds. The van der Waals surface area contributed by atoms with Crippen LogP contribution in [-0.4, -0.2) is 20.7 Å². The Kier molecular flexibility index (Phi) is 4.74. The third-order valence-electron chi connectivity index (χ3n) is 2.92. The third-order valence-corrected chi connectivity index (χ3v) is 4.91. The molecule has 0 aliphatic heterocycles. The summed E-state index contributed by atoms with van der Waals surface area (Å²) in [5.41, 5.74) is 7.53. The van der Waals surface area contributed by atoms with Gasteiger partial charge in [-0.25, -0.2) is 9.97 Å². The second-order valence-corrected chi connectivity index (χ2v) is 6.32. The van der Waals surface area contributed by atoms with Crippen molar-refractivity contribution in [1.82, 2.24) is 15.0 Å². The zero-order valence-corrected chi connectivity index (χ0v) is 14.0. The van der Waals surface area contributed by atoms with E-state index in [1.54, 1.807) is 24.2 Å². The molecule has 2 N–H and O–H groups in total. The number of nitrogens with two attached hydrogens (primary N) is 1. The number of furan rings is 1. The van der Waals surface area contributed by atoms with Crippen LogP contribution in [0.25, 0.3) is 11.5 Å². The monoisotopic (exact) mass is 376 g/mol. The van der Waals surface area contributed by atoms with E-state index in [-0.39, 0.29) is 5.95 Å². The summed E-state index contributed by atoms with van der Waals surface area (Å²) in [7, 11) is 0. The molecule has 3 rings (SSSR count). The zero-order valence-electron chi connectivity index (χ0n) is 11.6. The van der Waals surface area contributed by atoms with E-state index in [0.29, 0.717) is 11.5 Å². The maximum absolute atomic E-state index is 5.81. The SMILES string of the molecule is Nc1nc(SCCc2ccccn2)c(Br)c(-c2ccco2)n1. The lowest BCUT2D eigenvalue weighted by Gasteiger charge is -2.08. The number of rotatable bonds is 5. The highest BCUT2D eigenvalue weighted by molar-refractivity contribution is 9.10. The standard InChI is InChI=1S/C15H13BrN4OS/c16-12-13(11-5-3-8-21-11)19-15(17)20-14(12)22-9-6-10-4-1-2-7-18-10/h1-5,7-8H,6,9H2,(H2,17,19,20). The molecule has 3 aromatic heterocycles. The first-order valence-electron chi connectivity index (χ1n) is 6.63. The van der Waals surface area contributed by atoms with Gasteiger partial charge < -0.3 is 10.2 Å². The second-order valence-electron chi connectivity index (χ2n) is 4.45. The molecular weight excluding hydrogens is 364 g/mol. The Morgan fingerprint density at radius 2 is 2.09 bits per heavy atom. The molecule has 3 aromatic rings. The van der Waals surface area contributed by atoms with Gasteiger partial charge in [0.15, 0.2) is 5.76 Å². The molecule has 22 heavy (non-hydrogen) atoms. The molecule has 5 nitrogen and oxygen atoms in total. The van der Waals surface area contributed by atoms with Crippen LogP contribution in [0.15, 0.2) is 56.7 Å². The van der Waals surface area contributed by atoms with Gasteiger partial charge in [-0.2, -0.15) is 0 Å². The molecule has 3 heterocycles. The van der Waals surface area contributed by atoms with Crippen LogP contribution >= 0.6 is 27.7 Å². The average Bonchev–Trinajstić information content (AvgIpc) is 3.05. The predicted octanol–water partition coefficient (Wildman–Crippen LogP) is 3.81. The Bertz CT molecular complexity index is 750. The first-order valence-corrected chi connectivity index (χ1v) is 8.41. The molecule has 112 valence electrons. The van der Waals surface area contributed by atoms with Crippen molar-refractivity contribution >= 4 is 33.6 Å². The molecule has 0 aliphatic carbocycles. The molecule has 0 bridgehead atoms. The summed E-state index contributed by atoms with van der Waals surface area (Å²) >= 11 is 5.15. The van der Waals surface area contributed by atoms with Gasteiger partial charge in [-0.1, -0.05) is 6.07 Å². The highest BCUT2D eigenvalue weighted by atomic mass is 79.9. The Labute approximate surface area is 140 Å². The lowest BCUT2D eigenvalue weighted by molar-refractivity contribution is 0.579. The number of pyridine rings is 1. The van der Waals surface area contributed by atoms with E-state index in [9.17, 15) is 0 Å². The van der Waals surface area contributed by atoms with Crippen LogP contribution < -0.4 is 5.73 Å². The van der Waals surface area contributed by atoms with E-state index in [2.05, 4.69) is 30.9 Å². The van der Waals surface area contributed by atoms with Crippen LogP contribution in [0, 0.1) is 0 Å². The molecule has 0 saturated heterocycles. The van der Waals surface area contributed by atoms with Crippen LogP contribution in [0.2, 0.25) is 0 Å². The van der Waals surface area contributed by atoms with Crippen molar-refractivity contribution in [3.63, 3.8) is 0 Å². The quantitative estimate of drug-likeness (QED) is 0.538. The van der Waals surface area contributed by atoms with E-state index in [1.807, 2.05) is 30.3 Å². The number of anilines is 1. The highest BCUT2D eigenvalue weighted by Gasteiger charge is 2.15. The fourth-order valence-electron chi connectivity index (χ4n) is 1.91. The van der Waals surface area contributed by atoms with Crippen LogP contribution in [0.4, 0.5) is 5.95 Å². The van der Waals surface area contributed by atoms with Gasteiger partial charge in [-0.15, -0.1) is 11.8 Å². The number of thioether (sulfide) groups is 1. The Morgan fingerprint density at radius 3 is 2.82 bits per heavy atom. The third kappa shape index (κ3) is 3.48. The van der Waals surface area contributed by atoms with Crippen LogP contribution in [0.5, 0.6) is 0 Å². The molecule has 0 atom stereocenters. The summed E-state index contributed by atoms with van der Waals surface area (Å²) < 4.78 is 6.18. The van der Waals surface area contributed by atoms with Gasteiger partial charge in [0.1, 0.15) is 10.7 Å². The maximum atomic E-state index is 5.81. The van der Waals surface area contributed by atoms with Crippen molar-refractivity contribution in [2.75, 3.05) is 11.5 Å². The Balaban J connectivity index is 1.76. The number of aromatic nitrogens is 3. The molecule has 0 aliphatic rings. The van der Waals surface area contributed by atoms with Gasteiger partial charge in [0.25, 0.3) is 0 Å². The van der Waals surface area contributed by atoms with Gasteiger partial charge in [-0.05, 0) is 46.6 Å². The van der Waals surface area contributed by atoms with Crippen LogP contribution in [-0.2, 0) is 6.42 Å². The van der Waals surface area contributed by atoms with Gasteiger partial charge in [0, 0.05) is 17.6 Å². The Hall–Kier alpha value is -1.86. The summed E-state index contributed by atoms with van der Waals surface area (Å²) in [6.45, 7) is 0. The van der Waals surface area contributed by atoms with Crippen molar-refractivity contribution in [3.05, 3.63) is 53.0 Å². The zero-order chi connectivity index (χ0) is 15.4. The second kappa shape index (κ2) is 6.93. The molecular formula is C15H13BrN4OS. The molecule has 7 heteroatoms. The summed E-state index contributed by atoms with van der Waals surface area (Å²) in [6, 6.07) is 9.57. The number of halogens is 1. The minimum absolute atomic E-state index is 0.231. The highest BCUT2D eigenvalue weighted by Crippen LogP contribution is 2.34. The van der Waals surface area contributed by atoms with E-state index in [0.717, 1.165) is 27.4 Å². The smallest absolute Gasteiger partial charge is 0.221 e. The average molecular weight is 377 g/mol. The molecule has 0 unspecified atom stereocenters. The van der Waals surface area contributed by atoms with Gasteiger partial charge in [0.05, 0.1) is 10.7 Å². The molecule has 0 spiro atoms. The summed E-state index contributed by atoms with van der Waals surface area (Å²) in [6.07, 6.45) is 4.26. The van der Waals surface area contributed by atoms with E-state index >= 15 is 0 Å². The normalized spacial score (nSPS) is 10.8. The van der Waals surface area contributed by atoms with Gasteiger partial charge in [-0.3, -0.25) is 4.98 Å².